The molecule has 0 spiro atoms. The maximum atomic E-state index is 12.3. The first-order chi connectivity index (χ1) is 10.1. The molecule has 5 heteroatoms. The number of nitrogens with zero attached hydrogens (tertiary/aromatic N) is 1. The van der Waals surface area contributed by atoms with Gasteiger partial charge in [-0.05, 0) is 35.9 Å². The van der Waals surface area contributed by atoms with E-state index in [1.807, 2.05) is 0 Å². The number of carbonyl (C=O) groups is 2. The molecular weight excluding hydrogens is 270 g/mol. The number of carbonyl (C=O) groups excluding carboxylic acids is 1. The van der Waals surface area contributed by atoms with E-state index in [2.05, 4.69) is 4.98 Å². The van der Waals surface area contributed by atoms with Gasteiger partial charge >= 0.3 is 5.97 Å². The molecule has 0 aliphatic rings. The summed E-state index contributed by atoms with van der Waals surface area (Å²) in [4.78, 5) is 26.8. The van der Waals surface area contributed by atoms with E-state index < -0.39 is 5.97 Å². The van der Waals surface area contributed by atoms with Crippen LogP contribution in [0.3, 0.4) is 0 Å². The number of ketones is 1. The molecule has 0 bridgehead atoms. The second-order valence-corrected chi connectivity index (χ2v) is 4.62. The van der Waals surface area contributed by atoms with Crippen LogP contribution < -0.4 is 0 Å². The van der Waals surface area contributed by atoms with Crippen molar-refractivity contribution < 1.29 is 19.1 Å². The van der Waals surface area contributed by atoms with Crippen molar-refractivity contribution in [3.63, 3.8) is 0 Å². The van der Waals surface area contributed by atoms with Gasteiger partial charge in [0.2, 0.25) is 5.78 Å². The van der Waals surface area contributed by atoms with Crippen molar-refractivity contribution in [2.45, 2.75) is 6.42 Å². The summed E-state index contributed by atoms with van der Waals surface area (Å²) in [6.45, 7) is 0. The normalized spacial score (nSPS) is 10.7. The number of benzene rings is 1. The monoisotopic (exact) mass is 281 g/mol. The van der Waals surface area contributed by atoms with Crippen LogP contribution in [0, 0.1) is 0 Å². The Hall–Kier alpha value is -2.95. The van der Waals surface area contributed by atoms with E-state index in [0.29, 0.717) is 22.1 Å². The van der Waals surface area contributed by atoms with Gasteiger partial charge in [0, 0.05) is 23.3 Å². The van der Waals surface area contributed by atoms with Crippen LogP contribution >= 0.6 is 0 Å². The molecule has 0 saturated carbocycles. The zero-order valence-corrected chi connectivity index (χ0v) is 10.9. The summed E-state index contributed by atoms with van der Waals surface area (Å²) in [5.41, 5.74) is 1.72. The zero-order chi connectivity index (χ0) is 14.8. The highest BCUT2D eigenvalue weighted by Gasteiger charge is 2.14. The summed E-state index contributed by atoms with van der Waals surface area (Å²) in [6.07, 6.45) is 3.02. The Labute approximate surface area is 119 Å². The lowest BCUT2D eigenvalue weighted by atomic mass is 10.1. The van der Waals surface area contributed by atoms with Crippen LogP contribution in [0.2, 0.25) is 0 Å². The first-order valence-electron chi connectivity index (χ1n) is 6.32. The third-order valence-electron chi connectivity index (χ3n) is 3.10. The number of carboxylic acid groups (broad SMARTS) is 1. The number of fused-ring (bicyclic) bond motifs is 1. The average Bonchev–Trinajstić information content (AvgIpc) is 2.90. The van der Waals surface area contributed by atoms with Crippen LogP contribution in [0.1, 0.15) is 21.7 Å². The minimum Gasteiger partial charge on any atom is -0.481 e. The maximum Gasteiger partial charge on any atom is 0.307 e. The average molecular weight is 281 g/mol. The molecule has 5 nitrogen and oxygen atoms in total. The number of aliphatic carboxylic acids is 1. The summed E-state index contributed by atoms with van der Waals surface area (Å²) in [7, 11) is 0. The Kier molecular flexibility index (Phi) is 3.23. The summed E-state index contributed by atoms with van der Waals surface area (Å²) in [5.74, 6) is -0.900. The summed E-state index contributed by atoms with van der Waals surface area (Å²) in [5, 5.41) is 9.51. The zero-order valence-electron chi connectivity index (χ0n) is 10.9. The molecule has 0 unspecified atom stereocenters. The highest BCUT2D eigenvalue weighted by Crippen LogP contribution is 2.23. The third-order valence-corrected chi connectivity index (χ3v) is 3.10. The number of hydrogen-bond donors (Lipinski definition) is 1. The van der Waals surface area contributed by atoms with E-state index in [4.69, 9.17) is 9.52 Å². The van der Waals surface area contributed by atoms with E-state index in [1.165, 1.54) is 0 Å². The molecule has 0 aliphatic heterocycles. The number of hydrogen-bond acceptors (Lipinski definition) is 4. The number of rotatable bonds is 4. The molecule has 0 atom stereocenters. The van der Waals surface area contributed by atoms with Gasteiger partial charge in [0.15, 0.2) is 5.76 Å². The molecule has 0 aliphatic carbocycles. The lowest BCUT2D eigenvalue weighted by molar-refractivity contribution is -0.136. The fraction of sp³-hybridized carbons (Fsp3) is 0.0625. The molecule has 0 radical (unpaired) electrons. The highest BCUT2D eigenvalue weighted by molar-refractivity contribution is 6.08. The summed E-state index contributed by atoms with van der Waals surface area (Å²) < 4.78 is 5.53. The molecule has 3 rings (SSSR count). The van der Waals surface area contributed by atoms with Gasteiger partial charge in [0.1, 0.15) is 5.58 Å². The van der Waals surface area contributed by atoms with Gasteiger partial charge in [0.25, 0.3) is 0 Å². The van der Waals surface area contributed by atoms with Crippen molar-refractivity contribution >= 4 is 22.7 Å². The first-order valence-corrected chi connectivity index (χ1v) is 6.32. The Bertz CT molecular complexity index is 821. The van der Waals surface area contributed by atoms with Crippen LogP contribution in [0.15, 0.2) is 53.2 Å². The lowest BCUT2D eigenvalue weighted by Crippen LogP contribution is -1.99. The Balaban J connectivity index is 1.97. The number of furan rings is 1. The van der Waals surface area contributed by atoms with Crippen LogP contribution in [0.25, 0.3) is 11.0 Å². The van der Waals surface area contributed by atoms with Gasteiger partial charge in [-0.15, -0.1) is 0 Å². The van der Waals surface area contributed by atoms with E-state index in [0.717, 1.165) is 0 Å². The second kappa shape index (κ2) is 5.20. The molecule has 104 valence electrons. The molecule has 2 heterocycles. The Morgan fingerprint density at radius 3 is 2.57 bits per heavy atom. The van der Waals surface area contributed by atoms with Crippen molar-refractivity contribution in [3.05, 3.63) is 65.7 Å². The molecule has 21 heavy (non-hydrogen) atoms. The third kappa shape index (κ3) is 2.67. The molecule has 0 saturated heterocycles. The van der Waals surface area contributed by atoms with Crippen molar-refractivity contribution in [1.29, 1.82) is 0 Å². The molecule has 1 aromatic carbocycles. The maximum absolute atomic E-state index is 12.3. The highest BCUT2D eigenvalue weighted by atomic mass is 16.4. The molecule has 1 N–H and O–H groups in total. The second-order valence-electron chi connectivity index (χ2n) is 4.62. The topological polar surface area (TPSA) is 80.4 Å². The fourth-order valence-corrected chi connectivity index (χ4v) is 2.13. The van der Waals surface area contributed by atoms with E-state index in [-0.39, 0.29) is 18.0 Å². The number of carboxylic acids is 1. The Morgan fingerprint density at radius 1 is 1.10 bits per heavy atom. The number of aromatic nitrogens is 1. The lowest BCUT2D eigenvalue weighted by Gasteiger charge is -1.95. The van der Waals surface area contributed by atoms with Crippen LogP contribution in [0.4, 0.5) is 0 Å². The molecule has 3 aromatic rings. The van der Waals surface area contributed by atoms with Crippen LogP contribution in [0.5, 0.6) is 0 Å². The van der Waals surface area contributed by atoms with Crippen molar-refractivity contribution in [1.82, 2.24) is 4.98 Å². The van der Waals surface area contributed by atoms with Crippen molar-refractivity contribution in [2.24, 2.45) is 0 Å². The fourth-order valence-electron chi connectivity index (χ4n) is 2.13. The molecular formula is C16H11NO4. The first kappa shape index (κ1) is 13.1. The van der Waals surface area contributed by atoms with Gasteiger partial charge in [0.05, 0.1) is 6.42 Å². The van der Waals surface area contributed by atoms with Crippen LogP contribution in [-0.2, 0) is 11.2 Å². The van der Waals surface area contributed by atoms with Gasteiger partial charge in [-0.3, -0.25) is 14.6 Å². The van der Waals surface area contributed by atoms with E-state index in [9.17, 15) is 9.59 Å². The predicted octanol–water partition coefficient (Wildman–Crippen LogP) is 2.69. The van der Waals surface area contributed by atoms with Crippen LogP contribution in [-0.4, -0.2) is 21.8 Å². The minimum absolute atomic E-state index is 0.0608. The van der Waals surface area contributed by atoms with Crippen molar-refractivity contribution in [3.8, 4) is 0 Å². The van der Waals surface area contributed by atoms with Gasteiger partial charge in [-0.2, -0.15) is 0 Å². The quantitative estimate of drug-likeness (QED) is 0.744. The summed E-state index contributed by atoms with van der Waals surface area (Å²) >= 11 is 0. The smallest absolute Gasteiger partial charge is 0.307 e. The molecule has 0 fully saturated rings. The van der Waals surface area contributed by atoms with E-state index >= 15 is 0 Å². The summed E-state index contributed by atoms with van der Waals surface area (Å²) in [6, 6.07) is 9.94. The standard InChI is InChI=1S/C16H11NO4/c18-15(19)8-10-1-2-13-12(7-10)9-14(21-13)16(20)11-3-5-17-6-4-11/h1-7,9H,8H2,(H,18,19). The van der Waals surface area contributed by atoms with Crippen molar-refractivity contribution in [2.75, 3.05) is 0 Å². The van der Waals surface area contributed by atoms with Gasteiger partial charge in [-0.25, -0.2) is 0 Å². The predicted molar refractivity (Wildman–Crippen MR) is 75.2 cm³/mol. The van der Waals surface area contributed by atoms with Gasteiger partial charge < -0.3 is 9.52 Å². The van der Waals surface area contributed by atoms with E-state index in [1.54, 1.807) is 48.8 Å². The number of pyridine rings is 1. The molecule has 2 aromatic heterocycles. The minimum atomic E-state index is -0.897. The largest absolute Gasteiger partial charge is 0.481 e. The van der Waals surface area contributed by atoms with Gasteiger partial charge in [-0.1, -0.05) is 6.07 Å². The Morgan fingerprint density at radius 2 is 1.86 bits per heavy atom. The SMILES string of the molecule is O=C(O)Cc1ccc2oc(C(=O)c3ccncc3)cc2c1. The molecule has 0 amide bonds.